The third-order valence-corrected chi connectivity index (χ3v) is 4.39. The van der Waals surface area contributed by atoms with Crippen LogP contribution in [0.15, 0.2) is 24.3 Å². The number of anilines is 1. The van der Waals surface area contributed by atoms with E-state index in [1.165, 1.54) is 0 Å². The summed E-state index contributed by atoms with van der Waals surface area (Å²) in [5.74, 6) is 0. The monoisotopic (exact) mass is 282 g/mol. The van der Waals surface area contributed by atoms with Crippen LogP contribution in [0.4, 0.5) is 5.69 Å². The molecule has 1 fully saturated rings. The van der Waals surface area contributed by atoms with Gasteiger partial charge < -0.3 is 15.3 Å². The minimum atomic E-state index is -0.240. The minimum Gasteiger partial charge on any atom is -0.394 e. The van der Waals surface area contributed by atoms with E-state index in [-0.39, 0.29) is 12.1 Å². The molecule has 1 heterocycles. The predicted octanol–water partition coefficient (Wildman–Crippen LogP) is 2.99. The smallest absolute Gasteiger partial charge is 0.0662 e. The van der Waals surface area contributed by atoms with Gasteiger partial charge in [-0.3, -0.25) is 0 Å². The molecule has 0 unspecified atom stereocenters. The van der Waals surface area contributed by atoms with Crippen molar-refractivity contribution in [1.29, 1.82) is 0 Å². The van der Waals surface area contributed by atoms with Gasteiger partial charge in [0.2, 0.25) is 0 Å². The summed E-state index contributed by atoms with van der Waals surface area (Å²) in [6.07, 6.45) is 1.87. The van der Waals surface area contributed by atoms with Crippen LogP contribution in [-0.2, 0) is 0 Å². The molecule has 1 aromatic rings. The van der Waals surface area contributed by atoms with E-state index in [0.29, 0.717) is 11.1 Å². The number of nitrogens with zero attached hydrogens (tertiary/aromatic N) is 1. The van der Waals surface area contributed by atoms with Gasteiger partial charge in [0, 0.05) is 19.1 Å². The zero-order valence-corrected chi connectivity index (χ0v) is 12.5. The van der Waals surface area contributed by atoms with Crippen molar-refractivity contribution in [1.82, 2.24) is 4.90 Å². The van der Waals surface area contributed by atoms with E-state index < -0.39 is 0 Å². The molecule has 19 heavy (non-hydrogen) atoms. The average molecular weight is 283 g/mol. The summed E-state index contributed by atoms with van der Waals surface area (Å²) in [5.41, 5.74) is 0.673. The standard InChI is InChI=1S/C15H23ClN2O/c1-12(2)18-9-7-15(11-19,8-10-18)17-14-6-4-3-5-13(14)16/h3-6,12,17,19H,7-11H2,1-2H3. The highest BCUT2D eigenvalue weighted by atomic mass is 35.5. The first-order valence-corrected chi connectivity index (χ1v) is 7.32. The first-order chi connectivity index (χ1) is 9.06. The molecule has 0 atom stereocenters. The number of benzene rings is 1. The van der Waals surface area contributed by atoms with Crippen molar-refractivity contribution in [2.75, 3.05) is 25.0 Å². The van der Waals surface area contributed by atoms with E-state index in [4.69, 9.17) is 11.6 Å². The lowest BCUT2D eigenvalue weighted by atomic mass is 9.87. The molecule has 1 saturated heterocycles. The molecular formula is C15H23ClN2O. The van der Waals surface area contributed by atoms with Crippen molar-refractivity contribution in [3.63, 3.8) is 0 Å². The Kier molecular flexibility index (Phi) is 4.71. The van der Waals surface area contributed by atoms with Gasteiger partial charge in [0.05, 0.1) is 22.9 Å². The van der Waals surface area contributed by atoms with Gasteiger partial charge in [0.1, 0.15) is 0 Å². The Morgan fingerprint density at radius 1 is 1.32 bits per heavy atom. The maximum absolute atomic E-state index is 9.79. The molecule has 0 radical (unpaired) electrons. The molecule has 4 heteroatoms. The van der Waals surface area contributed by atoms with Crippen LogP contribution in [0.3, 0.4) is 0 Å². The van der Waals surface area contributed by atoms with Gasteiger partial charge in [0.15, 0.2) is 0 Å². The highest BCUT2D eigenvalue weighted by Crippen LogP contribution is 2.30. The van der Waals surface area contributed by atoms with Crippen molar-refractivity contribution >= 4 is 17.3 Å². The number of para-hydroxylation sites is 1. The Hall–Kier alpha value is -0.770. The van der Waals surface area contributed by atoms with E-state index in [2.05, 4.69) is 24.1 Å². The third-order valence-electron chi connectivity index (χ3n) is 4.06. The topological polar surface area (TPSA) is 35.5 Å². The zero-order valence-electron chi connectivity index (χ0n) is 11.7. The van der Waals surface area contributed by atoms with E-state index in [9.17, 15) is 5.11 Å². The van der Waals surface area contributed by atoms with Crippen LogP contribution in [0, 0.1) is 0 Å². The molecular weight excluding hydrogens is 260 g/mol. The van der Waals surface area contributed by atoms with Crippen LogP contribution in [0.1, 0.15) is 26.7 Å². The van der Waals surface area contributed by atoms with Crippen LogP contribution >= 0.6 is 11.6 Å². The molecule has 2 rings (SSSR count). The number of hydrogen-bond acceptors (Lipinski definition) is 3. The third kappa shape index (κ3) is 3.41. The summed E-state index contributed by atoms with van der Waals surface area (Å²) in [7, 11) is 0. The van der Waals surface area contributed by atoms with Crippen LogP contribution in [0.25, 0.3) is 0 Å². The van der Waals surface area contributed by atoms with Crippen LogP contribution in [0.5, 0.6) is 0 Å². The quantitative estimate of drug-likeness (QED) is 0.891. The molecule has 1 aliphatic heterocycles. The first-order valence-electron chi connectivity index (χ1n) is 6.94. The van der Waals surface area contributed by atoms with Crippen LogP contribution in [0.2, 0.25) is 5.02 Å². The predicted molar refractivity (Wildman–Crippen MR) is 80.8 cm³/mol. The minimum absolute atomic E-state index is 0.143. The van der Waals surface area contributed by atoms with Gasteiger partial charge in [-0.2, -0.15) is 0 Å². The number of nitrogens with one attached hydrogen (secondary N) is 1. The largest absolute Gasteiger partial charge is 0.394 e. The lowest BCUT2D eigenvalue weighted by molar-refractivity contribution is 0.101. The first kappa shape index (κ1) is 14.6. The number of rotatable bonds is 4. The summed E-state index contributed by atoms with van der Waals surface area (Å²) in [6, 6.07) is 8.28. The number of halogens is 1. The van der Waals surface area contributed by atoms with E-state index in [1.807, 2.05) is 24.3 Å². The fourth-order valence-corrected chi connectivity index (χ4v) is 2.82. The molecule has 1 aromatic carbocycles. The molecule has 106 valence electrons. The number of aliphatic hydroxyl groups is 1. The van der Waals surface area contributed by atoms with Gasteiger partial charge in [-0.1, -0.05) is 23.7 Å². The van der Waals surface area contributed by atoms with Gasteiger partial charge in [-0.25, -0.2) is 0 Å². The molecule has 0 amide bonds. The van der Waals surface area contributed by atoms with E-state index in [0.717, 1.165) is 31.6 Å². The van der Waals surface area contributed by atoms with Crippen molar-refractivity contribution in [3.8, 4) is 0 Å². The van der Waals surface area contributed by atoms with E-state index in [1.54, 1.807) is 0 Å². The zero-order chi connectivity index (χ0) is 13.9. The maximum atomic E-state index is 9.79. The summed E-state index contributed by atoms with van der Waals surface area (Å²) >= 11 is 6.19. The average Bonchev–Trinajstić information content (AvgIpc) is 2.42. The Morgan fingerprint density at radius 3 is 2.47 bits per heavy atom. The SMILES string of the molecule is CC(C)N1CCC(CO)(Nc2ccccc2Cl)CC1. The van der Waals surface area contributed by atoms with Gasteiger partial charge in [-0.05, 0) is 38.8 Å². The summed E-state index contributed by atoms with van der Waals surface area (Å²) in [5, 5.41) is 14.0. The van der Waals surface area contributed by atoms with Crippen molar-refractivity contribution in [2.24, 2.45) is 0 Å². The van der Waals surface area contributed by atoms with Crippen molar-refractivity contribution in [3.05, 3.63) is 29.3 Å². The molecule has 0 bridgehead atoms. The molecule has 0 aromatic heterocycles. The maximum Gasteiger partial charge on any atom is 0.0662 e. The van der Waals surface area contributed by atoms with Crippen LogP contribution in [-0.4, -0.2) is 41.3 Å². The fraction of sp³-hybridized carbons (Fsp3) is 0.600. The Bertz CT molecular complexity index is 414. The molecule has 0 aliphatic carbocycles. The van der Waals surface area contributed by atoms with Gasteiger partial charge >= 0.3 is 0 Å². The lowest BCUT2D eigenvalue weighted by Crippen LogP contribution is -2.53. The van der Waals surface area contributed by atoms with Crippen LogP contribution < -0.4 is 5.32 Å². The van der Waals surface area contributed by atoms with Crippen molar-refractivity contribution < 1.29 is 5.11 Å². The summed E-state index contributed by atoms with van der Waals surface area (Å²) in [6.45, 7) is 6.59. The van der Waals surface area contributed by atoms with Crippen molar-refractivity contribution in [2.45, 2.75) is 38.3 Å². The van der Waals surface area contributed by atoms with Gasteiger partial charge in [-0.15, -0.1) is 0 Å². The summed E-state index contributed by atoms with van der Waals surface area (Å²) in [4.78, 5) is 2.45. The molecule has 2 N–H and O–H groups in total. The normalized spacial score (nSPS) is 19.6. The molecule has 0 saturated carbocycles. The second-order valence-corrected chi connectivity index (χ2v) is 6.08. The highest BCUT2D eigenvalue weighted by Gasteiger charge is 2.34. The lowest BCUT2D eigenvalue weighted by Gasteiger charge is -2.43. The fourth-order valence-electron chi connectivity index (χ4n) is 2.64. The number of likely N-dealkylation sites (tertiary alicyclic amines) is 1. The number of piperidine rings is 1. The number of aliphatic hydroxyl groups excluding tert-OH is 1. The van der Waals surface area contributed by atoms with E-state index >= 15 is 0 Å². The summed E-state index contributed by atoms with van der Waals surface area (Å²) < 4.78 is 0. The Morgan fingerprint density at radius 2 is 1.95 bits per heavy atom. The number of hydrogen-bond donors (Lipinski definition) is 2. The second kappa shape index (κ2) is 6.12. The molecule has 3 nitrogen and oxygen atoms in total. The highest BCUT2D eigenvalue weighted by molar-refractivity contribution is 6.33. The molecule has 0 spiro atoms. The Labute approximate surface area is 120 Å². The molecule has 1 aliphatic rings. The Balaban J connectivity index is 2.07. The second-order valence-electron chi connectivity index (χ2n) is 5.67. The van der Waals surface area contributed by atoms with Gasteiger partial charge in [0.25, 0.3) is 0 Å².